The van der Waals surface area contributed by atoms with Crippen LogP contribution in [0.25, 0.3) is 33.4 Å². The number of nitrogens with zero attached hydrogens (tertiary/aromatic N) is 7. The summed E-state index contributed by atoms with van der Waals surface area (Å²) in [5.41, 5.74) is 2.85. The Morgan fingerprint density at radius 1 is 1.07 bits per heavy atom. The molecule has 1 aromatic carbocycles. The number of aromatic nitrogens is 5. The van der Waals surface area contributed by atoms with Crippen LogP contribution in [0.2, 0.25) is 0 Å². The molecule has 1 fully saturated rings. The number of likely N-dealkylation sites (tertiary alicyclic amines) is 1. The van der Waals surface area contributed by atoms with Crippen molar-refractivity contribution < 1.29 is 26.7 Å². The Balaban J connectivity index is 1.47. The minimum Gasteiger partial charge on any atom is -0.338 e. The minimum atomic E-state index is -4.27. The summed E-state index contributed by atoms with van der Waals surface area (Å²) < 4.78 is 71.1. The van der Waals surface area contributed by atoms with Crippen molar-refractivity contribution in [1.29, 1.82) is 0 Å². The molecule has 0 aliphatic carbocycles. The van der Waals surface area contributed by atoms with Crippen LogP contribution >= 0.6 is 0 Å². The Hall–Kier alpha value is -3.87. The third kappa shape index (κ3) is 5.03. The monoisotopic (exact) mass is 587 g/mol. The van der Waals surface area contributed by atoms with Crippen molar-refractivity contribution in [3.63, 3.8) is 0 Å². The number of aryl methyl sites for hydroxylation is 1. The van der Waals surface area contributed by atoms with Crippen LogP contribution in [-0.2, 0) is 18.4 Å². The van der Waals surface area contributed by atoms with E-state index in [9.17, 15) is 26.7 Å². The molecule has 0 saturated carbocycles. The Morgan fingerprint density at radius 3 is 2.45 bits per heavy atom. The summed E-state index contributed by atoms with van der Waals surface area (Å²) in [7, 11) is 3.40. The molecule has 4 aromatic rings. The predicted octanol–water partition coefficient (Wildman–Crippen LogP) is 5.71. The quantitative estimate of drug-likeness (QED) is 0.280. The highest BCUT2D eigenvalue weighted by Gasteiger charge is 2.38. The smallest absolute Gasteiger partial charge is 0.338 e. The highest BCUT2D eigenvalue weighted by molar-refractivity contribution is 5.96. The first kappa shape index (κ1) is 28.3. The van der Waals surface area contributed by atoms with E-state index in [4.69, 9.17) is 4.98 Å². The van der Waals surface area contributed by atoms with Crippen molar-refractivity contribution in [2.75, 3.05) is 26.7 Å². The second kappa shape index (κ2) is 10.4. The van der Waals surface area contributed by atoms with Crippen molar-refractivity contribution in [3.05, 3.63) is 53.7 Å². The van der Waals surface area contributed by atoms with Crippen molar-refractivity contribution in [1.82, 2.24) is 34.1 Å². The SMILES string of the molecule is C[C@H]1C(=O)N(C)Cc2c(-c3cccc4nc(-c5cnn(C)c5)c(C(F)F)cc34)nc(C3CCN(CC(F)(F)F)CC3)n21. The van der Waals surface area contributed by atoms with Crippen LogP contribution in [0.3, 0.4) is 0 Å². The van der Waals surface area contributed by atoms with Gasteiger partial charge in [0.25, 0.3) is 6.43 Å². The summed E-state index contributed by atoms with van der Waals surface area (Å²) in [5, 5.41) is 4.60. The molecule has 0 radical (unpaired) electrons. The fourth-order valence-corrected chi connectivity index (χ4v) is 6.27. The molecule has 1 saturated heterocycles. The Kier molecular flexibility index (Phi) is 7.03. The van der Waals surface area contributed by atoms with Crippen LogP contribution in [0, 0.1) is 0 Å². The van der Waals surface area contributed by atoms with Gasteiger partial charge in [-0.05, 0) is 45.0 Å². The lowest BCUT2D eigenvalue weighted by molar-refractivity contribution is -0.148. The van der Waals surface area contributed by atoms with Gasteiger partial charge in [-0.25, -0.2) is 18.7 Å². The van der Waals surface area contributed by atoms with E-state index < -0.39 is 25.2 Å². The minimum absolute atomic E-state index is 0.0945. The zero-order valence-electron chi connectivity index (χ0n) is 23.4. The molecule has 2 aliphatic heterocycles. The molecule has 0 N–H and O–H groups in total. The normalized spacial score (nSPS) is 18.8. The fraction of sp³-hybridized carbons (Fsp3) is 0.448. The maximum Gasteiger partial charge on any atom is 0.401 e. The van der Waals surface area contributed by atoms with Gasteiger partial charge in [0.15, 0.2) is 0 Å². The summed E-state index contributed by atoms with van der Waals surface area (Å²) in [6.07, 6.45) is -3.00. The third-order valence-corrected chi connectivity index (χ3v) is 8.26. The Morgan fingerprint density at radius 2 is 1.81 bits per heavy atom. The average Bonchev–Trinajstić information content (AvgIpc) is 3.54. The number of alkyl halides is 5. The number of imidazole rings is 1. The first-order chi connectivity index (χ1) is 19.9. The van der Waals surface area contributed by atoms with Crippen LogP contribution in [0.15, 0.2) is 36.7 Å². The van der Waals surface area contributed by atoms with E-state index in [2.05, 4.69) is 10.1 Å². The highest BCUT2D eigenvalue weighted by Crippen LogP contribution is 2.41. The number of carbonyl (C=O) groups is 1. The van der Waals surface area contributed by atoms with Gasteiger partial charge in [-0.3, -0.25) is 14.4 Å². The van der Waals surface area contributed by atoms with Crippen LogP contribution < -0.4 is 0 Å². The van der Waals surface area contributed by atoms with Crippen molar-refractivity contribution >= 4 is 16.8 Å². The molecule has 222 valence electrons. The molecule has 13 heteroatoms. The molecule has 6 rings (SSSR count). The largest absolute Gasteiger partial charge is 0.401 e. The third-order valence-electron chi connectivity index (χ3n) is 8.26. The average molecular weight is 588 g/mol. The number of hydrogen-bond donors (Lipinski definition) is 0. The molecule has 42 heavy (non-hydrogen) atoms. The highest BCUT2D eigenvalue weighted by atomic mass is 19.4. The van der Waals surface area contributed by atoms with E-state index in [1.807, 2.05) is 10.6 Å². The zero-order chi connectivity index (χ0) is 29.9. The van der Waals surface area contributed by atoms with E-state index in [-0.39, 0.29) is 42.7 Å². The van der Waals surface area contributed by atoms with Gasteiger partial charge in [0.05, 0.1) is 41.9 Å². The first-order valence-electron chi connectivity index (χ1n) is 13.8. The molecule has 1 atom stereocenters. The van der Waals surface area contributed by atoms with E-state index in [0.717, 1.165) is 5.69 Å². The fourth-order valence-electron chi connectivity index (χ4n) is 6.27. The number of carbonyl (C=O) groups excluding carboxylic acids is 1. The Labute approximate surface area is 238 Å². The summed E-state index contributed by atoms with van der Waals surface area (Å²) >= 11 is 0. The maximum atomic E-state index is 14.4. The lowest BCUT2D eigenvalue weighted by Gasteiger charge is -2.35. The van der Waals surface area contributed by atoms with E-state index in [1.165, 1.54) is 21.8 Å². The van der Waals surface area contributed by atoms with Gasteiger partial charge in [-0.2, -0.15) is 18.3 Å². The number of hydrogen-bond acceptors (Lipinski definition) is 5. The first-order valence-corrected chi connectivity index (χ1v) is 13.8. The molecular weight excluding hydrogens is 557 g/mol. The number of benzene rings is 1. The van der Waals surface area contributed by atoms with Gasteiger partial charge in [-0.1, -0.05) is 12.1 Å². The van der Waals surface area contributed by atoms with Crippen LogP contribution in [0.4, 0.5) is 22.0 Å². The lowest BCUT2D eigenvalue weighted by Crippen LogP contribution is -2.42. The molecule has 0 spiro atoms. The van der Waals surface area contributed by atoms with Gasteiger partial charge in [-0.15, -0.1) is 0 Å². The summed E-state index contributed by atoms with van der Waals surface area (Å²) in [4.78, 5) is 25.7. The summed E-state index contributed by atoms with van der Waals surface area (Å²) in [6.45, 7) is 1.61. The number of halogens is 5. The topological polar surface area (TPSA) is 72.1 Å². The van der Waals surface area contributed by atoms with Gasteiger partial charge in [0.1, 0.15) is 11.9 Å². The van der Waals surface area contributed by atoms with Crippen LogP contribution in [-0.4, -0.2) is 72.9 Å². The van der Waals surface area contributed by atoms with Crippen molar-refractivity contribution in [2.45, 2.75) is 50.9 Å². The van der Waals surface area contributed by atoms with Gasteiger partial charge in [0, 0.05) is 48.3 Å². The van der Waals surface area contributed by atoms with Gasteiger partial charge >= 0.3 is 6.18 Å². The number of amides is 1. The van der Waals surface area contributed by atoms with Gasteiger partial charge in [0.2, 0.25) is 5.91 Å². The standard InChI is InChI=1S/C29H30F5N7O/c1-16-28(42)38(2)14-23-25(37-27(41(16)23)17-7-9-40(10-8-17)15-29(32,33)34)19-5-4-6-22-20(19)11-21(26(30)31)24(36-22)18-12-35-39(3)13-18/h4-6,11-13,16-17,26H,7-10,14-15H2,1-3H3/t16-/m0/s1. The number of fused-ring (bicyclic) bond motifs is 2. The zero-order valence-corrected chi connectivity index (χ0v) is 23.4. The molecule has 0 bridgehead atoms. The Bertz CT molecular complexity index is 1650. The van der Waals surface area contributed by atoms with E-state index in [1.54, 1.807) is 44.2 Å². The molecule has 1 amide bonds. The second-order valence-corrected chi connectivity index (χ2v) is 11.2. The second-order valence-electron chi connectivity index (χ2n) is 11.2. The van der Waals surface area contributed by atoms with Crippen LogP contribution in [0.5, 0.6) is 0 Å². The van der Waals surface area contributed by atoms with Crippen LogP contribution in [0.1, 0.15) is 55.2 Å². The summed E-state index contributed by atoms with van der Waals surface area (Å²) in [5.74, 6) is 0.400. The number of pyridine rings is 1. The number of piperidine rings is 1. The van der Waals surface area contributed by atoms with E-state index >= 15 is 0 Å². The number of likely N-dealkylation sites (N-methyl/N-ethyl adjacent to an activating group) is 1. The summed E-state index contributed by atoms with van der Waals surface area (Å²) in [6, 6.07) is 6.24. The molecule has 5 heterocycles. The molecule has 8 nitrogen and oxygen atoms in total. The molecular formula is C29H30F5N7O. The lowest BCUT2D eigenvalue weighted by atomic mass is 9.95. The van der Waals surface area contributed by atoms with E-state index in [0.29, 0.717) is 46.4 Å². The van der Waals surface area contributed by atoms with Crippen molar-refractivity contribution in [3.8, 4) is 22.5 Å². The van der Waals surface area contributed by atoms with Gasteiger partial charge < -0.3 is 9.47 Å². The van der Waals surface area contributed by atoms with Crippen molar-refractivity contribution in [2.24, 2.45) is 7.05 Å². The molecule has 3 aromatic heterocycles. The molecule has 0 unspecified atom stereocenters. The maximum absolute atomic E-state index is 14.4. The predicted molar refractivity (Wildman–Crippen MR) is 146 cm³/mol. The molecule has 2 aliphatic rings. The number of rotatable bonds is 5.